The molecule has 0 saturated carbocycles. The summed E-state index contributed by atoms with van der Waals surface area (Å²) in [5.41, 5.74) is 1.22. The van der Waals surface area contributed by atoms with Gasteiger partial charge in [-0.1, -0.05) is 13.8 Å². The van der Waals surface area contributed by atoms with E-state index in [1.54, 1.807) is 21.0 Å². The van der Waals surface area contributed by atoms with Crippen LogP contribution in [0.15, 0.2) is 4.42 Å². The molecule has 4 heteroatoms. The van der Waals surface area contributed by atoms with Crippen molar-refractivity contribution in [1.29, 1.82) is 0 Å². The lowest BCUT2D eigenvalue weighted by molar-refractivity contribution is 0.0788. The number of rotatable bonds is 1. The minimum Gasteiger partial charge on any atom is -0.455 e. The molecule has 0 bridgehead atoms. The first kappa shape index (κ1) is 12.9. The number of amides is 1. The highest BCUT2D eigenvalue weighted by molar-refractivity contribution is 6.03. The third-order valence-electron chi connectivity index (χ3n) is 3.38. The molecule has 1 amide bonds. The van der Waals surface area contributed by atoms with Crippen molar-refractivity contribution in [3.8, 4) is 0 Å². The number of carbonyl (C=O) groups is 2. The summed E-state index contributed by atoms with van der Waals surface area (Å²) in [6.45, 7) is 5.87. The molecule has 0 unspecified atom stereocenters. The van der Waals surface area contributed by atoms with Gasteiger partial charge in [0, 0.05) is 32.5 Å². The predicted molar refractivity (Wildman–Crippen MR) is 67.9 cm³/mol. The molecule has 0 radical (unpaired) electrons. The Morgan fingerprint density at radius 2 is 1.89 bits per heavy atom. The highest BCUT2D eigenvalue weighted by Gasteiger charge is 2.37. The molecule has 0 aliphatic heterocycles. The minimum atomic E-state index is -0.187. The van der Waals surface area contributed by atoms with Gasteiger partial charge < -0.3 is 9.32 Å². The van der Waals surface area contributed by atoms with Gasteiger partial charge in [-0.05, 0) is 12.3 Å². The van der Waals surface area contributed by atoms with Crippen molar-refractivity contribution in [2.75, 3.05) is 14.1 Å². The molecule has 0 fully saturated rings. The van der Waals surface area contributed by atoms with Gasteiger partial charge in [0.25, 0.3) is 5.91 Å². The summed E-state index contributed by atoms with van der Waals surface area (Å²) >= 11 is 0. The lowest BCUT2D eigenvalue weighted by Gasteiger charge is -2.27. The van der Waals surface area contributed by atoms with Crippen LogP contribution in [0, 0.1) is 12.3 Å². The quantitative estimate of drug-likeness (QED) is 0.768. The van der Waals surface area contributed by atoms with Gasteiger partial charge in [0.15, 0.2) is 11.5 Å². The predicted octanol–water partition coefficient (Wildman–Crippen LogP) is 2.44. The van der Waals surface area contributed by atoms with Crippen molar-refractivity contribution in [3.63, 3.8) is 0 Å². The average Bonchev–Trinajstić information content (AvgIpc) is 2.52. The van der Waals surface area contributed by atoms with Crippen LogP contribution in [0.25, 0.3) is 0 Å². The molecule has 0 spiro atoms. The minimum absolute atomic E-state index is 0.0836. The van der Waals surface area contributed by atoms with Gasteiger partial charge in [-0.25, -0.2) is 0 Å². The van der Waals surface area contributed by atoms with Crippen LogP contribution < -0.4 is 0 Å². The number of furan rings is 1. The maximum Gasteiger partial charge on any atom is 0.289 e. The number of Topliss-reactive ketones (excluding diaryl/α,β-unsaturated/α-hetero) is 1. The molecule has 0 atom stereocenters. The molecule has 98 valence electrons. The Morgan fingerprint density at radius 3 is 2.44 bits per heavy atom. The summed E-state index contributed by atoms with van der Waals surface area (Å²) in [7, 11) is 3.35. The monoisotopic (exact) mass is 249 g/mol. The van der Waals surface area contributed by atoms with E-state index in [-0.39, 0.29) is 17.1 Å². The number of hydrogen-bond donors (Lipinski definition) is 0. The van der Waals surface area contributed by atoms with Crippen molar-refractivity contribution in [3.05, 3.63) is 22.6 Å². The number of ketones is 1. The lowest BCUT2D eigenvalue weighted by atomic mass is 9.76. The van der Waals surface area contributed by atoms with E-state index in [2.05, 4.69) is 0 Å². The largest absolute Gasteiger partial charge is 0.455 e. The highest BCUT2D eigenvalue weighted by Crippen LogP contribution is 2.38. The Bertz CT molecular complexity index is 523. The Labute approximate surface area is 107 Å². The third-order valence-corrected chi connectivity index (χ3v) is 3.38. The first-order valence-corrected chi connectivity index (χ1v) is 6.10. The van der Waals surface area contributed by atoms with Crippen LogP contribution >= 0.6 is 0 Å². The number of fused-ring (bicyclic) bond motifs is 1. The lowest BCUT2D eigenvalue weighted by Crippen LogP contribution is -2.26. The summed E-state index contributed by atoms with van der Waals surface area (Å²) in [4.78, 5) is 25.6. The van der Waals surface area contributed by atoms with Gasteiger partial charge in [-0.2, -0.15) is 0 Å². The van der Waals surface area contributed by atoms with Gasteiger partial charge in [-0.3, -0.25) is 9.59 Å². The van der Waals surface area contributed by atoms with Crippen LogP contribution in [0.3, 0.4) is 0 Å². The summed E-state index contributed by atoms with van der Waals surface area (Å²) in [6.07, 6.45) is 1.21. The van der Waals surface area contributed by atoms with E-state index in [4.69, 9.17) is 4.42 Å². The fraction of sp³-hybridized carbons (Fsp3) is 0.571. The van der Waals surface area contributed by atoms with E-state index in [9.17, 15) is 9.59 Å². The summed E-state index contributed by atoms with van der Waals surface area (Å²) < 4.78 is 5.65. The molecule has 0 aromatic carbocycles. The van der Waals surface area contributed by atoms with E-state index < -0.39 is 0 Å². The maximum atomic E-state index is 12.1. The number of hydrogen-bond acceptors (Lipinski definition) is 3. The molecule has 1 aliphatic rings. The second-order valence-electron chi connectivity index (χ2n) is 5.99. The van der Waals surface area contributed by atoms with Crippen LogP contribution in [-0.4, -0.2) is 30.7 Å². The van der Waals surface area contributed by atoms with E-state index in [1.165, 1.54) is 4.90 Å². The van der Waals surface area contributed by atoms with Gasteiger partial charge >= 0.3 is 0 Å². The molecule has 18 heavy (non-hydrogen) atoms. The summed E-state index contributed by atoms with van der Waals surface area (Å²) in [5.74, 6) is 0.864. The zero-order chi connectivity index (χ0) is 13.7. The van der Waals surface area contributed by atoms with Crippen LogP contribution in [0.1, 0.15) is 52.5 Å². The van der Waals surface area contributed by atoms with E-state index in [0.29, 0.717) is 35.5 Å². The van der Waals surface area contributed by atoms with Crippen LogP contribution in [0.2, 0.25) is 0 Å². The standard InChI is InChI=1S/C14H19NO3/c1-8-11-9(16)6-14(2,3)7-10(11)18-12(8)13(17)15(4)5/h6-7H2,1-5H3. The molecular weight excluding hydrogens is 230 g/mol. The van der Waals surface area contributed by atoms with Gasteiger partial charge in [0.1, 0.15) is 5.76 Å². The zero-order valence-corrected chi connectivity index (χ0v) is 11.6. The van der Waals surface area contributed by atoms with Gasteiger partial charge in [0.2, 0.25) is 0 Å². The van der Waals surface area contributed by atoms with Crippen molar-refractivity contribution in [2.45, 2.75) is 33.6 Å². The normalized spacial score (nSPS) is 17.5. The second kappa shape index (κ2) is 3.97. The topological polar surface area (TPSA) is 50.5 Å². The van der Waals surface area contributed by atoms with E-state index >= 15 is 0 Å². The summed E-state index contributed by atoms with van der Waals surface area (Å²) in [5, 5.41) is 0. The molecular formula is C14H19NO3. The Hall–Kier alpha value is -1.58. The van der Waals surface area contributed by atoms with E-state index in [0.717, 1.165) is 0 Å². The Kier molecular flexibility index (Phi) is 2.84. The Morgan fingerprint density at radius 1 is 1.28 bits per heavy atom. The average molecular weight is 249 g/mol. The van der Waals surface area contributed by atoms with Crippen LogP contribution in [0.4, 0.5) is 0 Å². The molecule has 0 saturated heterocycles. The van der Waals surface area contributed by atoms with Gasteiger partial charge in [-0.15, -0.1) is 0 Å². The van der Waals surface area contributed by atoms with Crippen molar-refractivity contribution < 1.29 is 14.0 Å². The second-order valence-corrected chi connectivity index (χ2v) is 5.99. The molecule has 1 aromatic heterocycles. The first-order chi connectivity index (χ1) is 8.23. The molecule has 1 aliphatic carbocycles. The molecule has 1 aromatic rings. The molecule has 1 heterocycles. The van der Waals surface area contributed by atoms with E-state index in [1.807, 2.05) is 13.8 Å². The van der Waals surface area contributed by atoms with Crippen LogP contribution in [0.5, 0.6) is 0 Å². The molecule has 4 nitrogen and oxygen atoms in total. The highest BCUT2D eigenvalue weighted by atomic mass is 16.4. The number of nitrogens with zero attached hydrogens (tertiary/aromatic N) is 1. The molecule has 2 rings (SSSR count). The maximum absolute atomic E-state index is 12.1. The van der Waals surface area contributed by atoms with Crippen LogP contribution in [-0.2, 0) is 6.42 Å². The summed E-state index contributed by atoms with van der Waals surface area (Å²) in [6, 6.07) is 0. The zero-order valence-electron chi connectivity index (χ0n) is 11.6. The third kappa shape index (κ3) is 1.96. The first-order valence-electron chi connectivity index (χ1n) is 6.10. The van der Waals surface area contributed by atoms with Gasteiger partial charge in [0.05, 0.1) is 5.56 Å². The SMILES string of the molecule is Cc1c(C(=O)N(C)C)oc2c1C(=O)CC(C)(C)C2. The van der Waals surface area contributed by atoms with Crippen molar-refractivity contribution in [2.24, 2.45) is 5.41 Å². The van der Waals surface area contributed by atoms with Crippen molar-refractivity contribution >= 4 is 11.7 Å². The smallest absolute Gasteiger partial charge is 0.289 e. The molecule has 0 N–H and O–H groups in total. The number of carbonyl (C=O) groups excluding carboxylic acids is 2. The Balaban J connectivity index is 2.52. The van der Waals surface area contributed by atoms with Crippen molar-refractivity contribution in [1.82, 2.24) is 4.90 Å². The fourth-order valence-electron chi connectivity index (χ4n) is 2.49. The fourth-order valence-corrected chi connectivity index (χ4v) is 2.49.